The number of hydrogen-bond donors (Lipinski definition) is 0. The van der Waals surface area contributed by atoms with Crippen LogP contribution in [0.15, 0.2) is 36.5 Å². The smallest absolute Gasteiger partial charge is 0.150 e. The molecule has 1 aliphatic rings. The third-order valence-corrected chi connectivity index (χ3v) is 2.93. The van der Waals surface area contributed by atoms with Gasteiger partial charge in [0, 0.05) is 5.56 Å². The summed E-state index contributed by atoms with van der Waals surface area (Å²) in [7, 11) is 0. The van der Waals surface area contributed by atoms with Gasteiger partial charge in [-0.3, -0.25) is 0 Å². The largest absolute Gasteiger partial charge is 0.232 e. The topological polar surface area (TPSA) is 54.5 Å². The monoisotopic (exact) mass is 210 g/mol. The highest BCUT2D eigenvalue weighted by Gasteiger charge is 2.46. The van der Waals surface area contributed by atoms with Gasteiger partial charge in [-0.2, -0.15) is 5.26 Å². The van der Waals surface area contributed by atoms with Crippen LogP contribution < -0.4 is 0 Å². The molecule has 1 aromatic carbocycles. The maximum atomic E-state index is 9.05. The minimum Gasteiger partial charge on any atom is -0.232 e. The van der Waals surface area contributed by atoms with E-state index in [2.05, 4.69) is 16.4 Å². The second-order valence-electron chi connectivity index (χ2n) is 4.06. The summed E-state index contributed by atoms with van der Waals surface area (Å²) in [6.45, 7) is 0. The number of nitriles is 1. The highest BCUT2D eigenvalue weighted by atomic mass is 15.5. The van der Waals surface area contributed by atoms with Crippen LogP contribution in [-0.2, 0) is 5.54 Å². The molecular weight excluding hydrogens is 200 g/mol. The Labute approximate surface area is 93.1 Å². The van der Waals surface area contributed by atoms with Gasteiger partial charge in [0.2, 0.25) is 0 Å². The van der Waals surface area contributed by atoms with E-state index in [1.54, 1.807) is 4.68 Å². The molecule has 1 aliphatic carbocycles. The Bertz CT molecular complexity index is 546. The maximum Gasteiger partial charge on any atom is 0.150 e. The molecule has 0 atom stereocenters. The van der Waals surface area contributed by atoms with Gasteiger partial charge in [0.05, 0.1) is 12.3 Å². The van der Waals surface area contributed by atoms with E-state index < -0.39 is 5.54 Å². The van der Waals surface area contributed by atoms with Crippen molar-refractivity contribution in [2.24, 2.45) is 0 Å². The van der Waals surface area contributed by atoms with Crippen molar-refractivity contribution >= 4 is 0 Å². The van der Waals surface area contributed by atoms with Crippen molar-refractivity contribution in [2.75, 3.05) is 0 Å². The highest BCUT2D eigenvalue weighted by molar-refractivity contribution is 5.57. The van der Waals surface area contributed by atoms with Crippen molar-refractivity contribution in [2.45, 2.75) is 18.4 Å². The van der Waals surface area contributed by atoms with Crippen LogP contribution in [0.3, 0.4) is 0 Å². The summed E-state index contributed by atoms with van der Waals surface area (Å²) < 4.78 is 1.69. The van der Waals surface area contributed by atoms with E-state index in [9.17, 15) is 0 Å². The summed E-state index contributed by atoms with van der Waals surface area (Å²) in [6, 6.07) is 12.2. The summed E-state index contributed by atoms with van der Waals surface area (Å²) >= 11 is 0. The Hall–Kier alpha value is -2.15. The molecule has 3 rings (SSSR count). The van der Waals surface area contributed by atoms with Crippen molar-refractivity contribution in [3.63, 3.8) is 0 Å². The van der Waals surface area contributed by atoms with Gasteiger partial charge in [0.25, 0.3) is 0 Å². The van der Waals surface area contributed by atoms with Crippen molar-refractivity contribution in [1.29, 1.82) is 5.26 Å². The van der Waals surface area contributed by atoms with Gasteiger partial charge in [-0.15, -0.1) is 5.10 Å². The van der Waals surface area contributed by atoms with Gasteiger partial charge in [0.1, 0.15) is 5.69 Å². The van der Waals surface area contributed by atoms with Crippen molar-refractivity contribution in [1.82, 2.24) is 15.0 Å². The first kappa shape index (κ1) is 9.10. The summed E-state index contributed by atoms with van der Waals surface area (Å²) in [5.74, 6) is 0. The van der Waals surface area contributed by atoms with Crippen molar-refractivity contribution in [3.8, 4) is 17.3 Å². The lowest BCUT2D eigenvalue weighted by Gasteiger charge is -2.02. The van der Waals surface area contributed by atoms with E-state index in [0.717, 1.165) is 24.1 Å². The average Bonchev–Trinajstić information content (AvgIpc) is 3.00. The fraction of sp³-hybridized carbons (Fsp3) is 0.250. The number of rotatable bonds is 2. The quantitative estimate of drug-likeness (QED) is 0.761. The first-order valence-electron chi connectivity index (χ1n) is 5.24. The Morgan fingerprint density at radius 3 is 2.62 bits per heavy atom. The van der Waals surface area contributed by atoms with Gasteiger partial charge in [-0.05, 0) is 12.8 Å². The van der Waals surface area contributed by atoms with Crippen LogP contribution in [0.1, 0.15) is 12.8 Å². The minimum absolute atomic E-state index is 0.417. The molecule has 0 N–H and O–H groups in total. The molecule has 1 saturated carbocycles. The molecule has 1 fully saturated rings. The Morgan fingerprint density at radius 1 is 1.25 bits per heavy atom. The molecule has 4 nitrogen and oxygen atoms in total. The summed E-state index contributed by atoms with van der Waals surface area (Å²) in [4.78, 5) is 0. The lowest BCUT2D eigenvalue weighted by Crippen LogP contribution is -2.14. The van der Waals surface area contributed by atoms with Gasteiger partial charge < -0.3 is 0 Å². The zero-order chi connectivity index (χ0) is 11.0. The van der Waals surface area contributed by atoms with Gasteiger partial charge in [-0.25, -0.2) is 4.68 Å². The Balaban J connectivity index is 1.98. The van der Waals surface area contributed by atoms with E-state index in [4.69, 9.17) is 5.26 Å². The van der Waals surface area contributed by atoms with Crippen LogP contribution in [0.4, 0.5) is 0 Å². The van der Waals surface area contributed by atoms with Crippen molar-refractivity contribution < 1.29 is 0 Å². The molecule has 0 bridgehead atoms. The number of nitrogens with zero attached hydrogens (tertiary/aromatic N) is 4. The number of aromatic nitrogens is 3. The first-order valence-corrected chi connectivity index (χ1v) is 5.24. The van der Waals surface area contributed by atoms with E-state index >= 15 is 0 Å². The predicted octanol–water partition coefficient (Wildman–Crippen LogP) is 1.96. The van der Waals surface area contributed by atoms with Crippen LogP contribution in [0.25, 0.3) is 11.3 Å². The summed E-state index contributed by atoms with van der Waals surface area (Å²) in [5, 5.41) is 17.2. The maximum absolute atomic E-state index is 9.05. The third-order valence-electron chi connectivity index (χ3n) is 2.93. The van der Waals surface area contributed by atoms with Crippen molar-refractivity contribution in [3.05, 3.63) is 36.5 Å². The van der Waals surface area contributed by atoms with Gasteiger partial charge in [-0.1, -0.05) is 35.5 Å². The van der Waals surface area contributed by atoms with E-state index in [1.165, 1.54) is 0 Å². The highest BCUT2D eigenvalue weighted by Crippen LogP contribution is 2.42. The molecule has 1 heterocycles. The molecule has 0 spiro atoms. The second kappa shape index (κ2) is 3.17. The summed E-state index contributed by atoms with van der Waals surface area (Å²) in [5.41, 5.74) is 1.43. The minimum atomic E-state index is -0.417. The van der Waals surface area contributed by atoms with E-state index in [0.29, 0.717) is 0 Å². The van der Waals surface area contributed by atoms with E-state index in [1.807, 2.05) is 36.5 Å². The lowest BCUT2D eigenvalue weighted by molar-refractivity contribution is 0.516. The van der Waals surface area contributed by atoms with Crippen LogP contribution in [0.2, 0.25) is 0 Å². The lowest BCUT2D eigenvalue weighted by atomic mass is 10.2. The van der Waals surface area contributed by atoms with Gasteiger partial charge in [0.15, 0.2) is 5.54 Å². The first-order chi connectivity index (χ1) is 7.84. The molecule has 78 valence electrons. The molecule has 4 heteroatoms. The van der Waals surface area contributed by atoms with Gasteiger partial charge >= 0.3 is 0 Å². The predicted molar refractivity (Wildman–Crippen MR) is 58.3 cm³/mol. The van der Waals surface area contributed by atoms with Crippen LogP contribution in [0, 0.1) is 11.3 Å². The zero-order valence-electron chi connectivity index (χ0n) is 8.67. The zero-order valence-corrected chi connectivity index (χ0v) is 8.67. The molecule has 0 radical (unpaired) electrons. The van der Waals surface area contributed by atoms with Crippen LogP contribution >= 0.6 is 0 Å². The molecule has 2 aromatic rings. The fourth-order valence-electron chi connectivity index (χ4n) is 1.72. The van der Waals surface area contributed by atoms with E-state index in [-0.39, 0.29) is 0 Å². The molecule has 16 heavy (non-hydrogen) atoms. The molecule has 0 aliphatic heterocycles. The van der Waals surface area contributed by atoms with Crippen LogP contribution in [-0.4, -0.2) is 15.0 Å². The fourth-order valence-corrected chi connectivity index (χ4v) is 1.72. The molecule has 0 unspecified atom stereocenters. The number of benzene rings is 1. The molecule has 0 amide bonds. The summed E-state index contributed by atoms with van der Waals surface area (Å²) in [6.07, 6.45) is 3.60. The third kappa shape index (κ3) is 1.29. The average molecular weight is 210 g/mol. The second-order valence-corrected chi connectivity index (χ2v) is 4.06. The van der Waals surface area contributed by atoms with Crippen LogP contribution in [0.5, 0.6) is 0 Å². The molecule has 0 saturated heterocycles. The SMILES string of the molecule is N#CC1(n2cc(-c3ccccc3)nn2)CC1. The molecular formula is C12H10N4. The standard InChI is InChI=1S/C12H10N4/c13-9-12(6-7-12)16-8-11(14-15-16)10-4-2-1-3-5-10/h1-5,8H,6-7H2. The normalized spacial score (nSPS) is 16.7. The Morgan fingerprint density at radius 2 is 2.00 bits per heavy atom. The molecule has 1 aromatic heterocycles. The Kier molecular flexibility index (Phi) is 1.80. The number of hydrogen-bond acceptors (Lipinski definition) is 3.